The van der Waals surface area contributed by atoms with Crippen LogP contribution in [0.3, 0.4) is 0 Å². The Kier molecular flexibility index (Phi) is 3.40. The summed E-state index contributed by atoms with van der Waals surface area (Å²) in [5, 5.41) is 0.602. The smallest absolute Gasteiger partial charge is 0.128 e. The molecule has 0 spiro atoms. The maximum Gasteiger partial charge on any atom is 0.128 e. The number of halogens is 2. The van der Waals surface area contributed by atoms with Gasteiger partial charge < -0.3 is 4.57 Å². The largest absolute Gasteiger partial charge is 0.322 e. The van der Waals surface area contributed by atoms with Crippen LogP contribution in [0.15, 0.2) is 18.2 Å². The molecule has 2 heterocycles. The SMILES string of the molecule is CC(Cl)c1nc2c(Cl)cccc2n1C1CCN(C2CC2)C1. The Bertz CT molecular complexity index is 675. The Balaban J connectivity index is 1.79. The Morgan fingerprint density at radius 2 is 2.05 bits per heavy atom. The average Bonchev–Trinajstić information content (AvgIpc) is 3.05. The zero-order valence-electron chi connectivity index (χ0n) is 12.1. The molecule has 2 fully saturated rings. The van der Waals surface area contributed by atoms with E-state index in [9.17, 15) is 0 Å². The third kappa shape index (κ3) is 2.36. The molecule has 1 aliphatic carbocycles. The van der Waals surface area contributed by atoms with Gasteiger partial charge in [0.1, 0.15) is 11.3 Å². The Hall–Kier alpha value is -0.770. The van der Waals surface area contributed by atoms with Crippen LogP contribution in [0.25, 0.3) is 11.0 Å². The molecule has 0 amide bonds. The Morgan fingerprint density at radius 3 is 2.76 bits per heavy atom. The van der Waals surface area contributed by atoms with Crippen molar-refractivity contribution in [2.75, 3.05) is 13.1 Å². The van der Waals surface area contributed by atoms with E-state index in [4.69, 9.17) is 28.2 Å². The lowest BCUT2D eigenvalue weighted by Crippen LogP contribution is -2.24. The van der Waals surface area contributed by atoms with E-state index in [2.05, 4.69) is 15.5 Å². The van der Waals surface area contributed by atoms with Gasteiger partial charge in [-0.05, 0) is 38.3 Å². The van der Waals surface area contributed by atoms with Crippen molar-refractivity contribution in [1.29, 1.82) is 0 Å². The van der Waals surface area contributed by atoms with Gasteiger partial charge in [0.05, 0.1) is 15.9 Å². The molecule has 1 aromatic carbocycles. The van der Waals surface area contributed by atoms with Crippen molar-refractivity contribution in [2.24, 2.45) is 0 Å². The van der Waals surface area contributed by atoms with Gasteiger partial charge in [-0.1, -0.05) is 17.7 Å². The number of hydrogen-bond donors (Lipinski definition) is 0. The van der Waals surface area contributed by atoms with Gasteiger partial charge in [0.25, 0.3) is 0 Å². The number of fused-ring (bicyclic) bond motifs is 1. The maximum atomic E-state index is 6.38. The first-order valence-electron chi connectivity index (χ1n) is 7.69. The molecular weight excluding hydrogens is 305 g/mol. The van der Waals surface area contributed by atoms with Gasteiger partial charge >= 0.3 is 0 Å². The predicted molar refractivity (Wildman–Crippen MR) is 87.3 cm³/mol. The monoisotopic (exact) mass is 323 g/mol. The van der Waals surface area contributed by atoms with E-state index in [1.54, 1.807) is 0 Å². The molecular formula is C16H19Cl2N3. The molecule has 1 aliphatic heterocycles. The number of nitrogens with zero attached hydrogens (tertiary/aromatic N) is 3. The second kappa shape index (κ2) is 5.15. The van der Waals surface area contributed by atoms with Crippen molar-refractivity contribution in [1.82, 2.24) is 14.5 Å². The second-order valence-electron chi connectivity index (χ2n) is 6.23. The van der Waals surface area contributed by atoms with E-state index in [-0.39, 0.29) is 5.38 Å². The molecule has 2 unspecified atom stereocenters. The molecule has 2 atom stereocenters. The van der Waals surface area contributed by atoms with Crippen molar-refractivity contribution in [2.45, 2.75) is 43.6 Å². The lowest BCUT2D eigenvalue weighted by atomic mass is 10.2. The van der Waals surface area contributed by atoms with Crippen LogP contribution >= 0.6 is 23.2 Å². The summed E-state index contributed by atoms with van der Waals surface area (Å²) < 4.78 is 2.33. The Labute approximate surface area is 134 Å². The summed E-state index contributed by atoms with van der Waals surface area (Å²) in [7, 11) is 0. The van der Waals surface area contributed by atoms with Gasteiger partial charge in [0.2, 0.25) is 0 Å². The molecule has 4 rings (SSSR count). The number of rotatable bonds is 3. The molecule has 1 aromatic heterocycles. The molecule has 3 nitrogen and oxygen atoms in total. The topological polar surface area (TPSA) is 21.1 Å². The first-order valence-corrected chi connectivity index (χ1v) is 8.51. The number of para-hydroxylation sites is 1. The van der Waals surface area contributed by atoms with Gasteiger partial charge in [-0.15, -0.1) is 11.6 Å². The van der Waals surface area contributed by atoms with Crippen molar-refractivity contribution in [3.05, 3.63) is 29.0 Å². The summed E-state index contributed by atoms with van der Waals surface area (Å²) in [5.41, 5.74) is 2.00. The predicted octanol–water partition coefficient (Wildman–Crippen LogP) is 4.40. The number of imidazole rings is 1. The van der Waals surface area contributed by atoms with Gasteiger partial charge in [-0.3, -0.25) is 4.90 Å². The molecule has 0 N–H and O–H groups in total. The van der Waals surface area contributed by atoms with Crippen LogP contribution in [-0.2, 0) is 0 Å². The van der Waals surface area contributed by atoms with Crippen LogP contribution in [0.5, 0.6) is 0 Å². The van der Waals surface area contributed by atoms with E-state index in [1.807, 2.05) is 19.1 Å². The first-order chi connectivity index (χ1) is 10.1. The van der Waals surface area contributed by atoms with E-state index in [0.29, 0.717) is 11.1 Å². The molecule has 1 saturated heterocycles. The van der Waals surface area contributed by atoms with Gasteiger partial charge in [0, 0.05) is 25.2 Å². The highest BCUT2D eigenvalue weighted by Crippen LogP contribution is 2.38. The van der Waals surface area contributed by atoms with Gasteiger partial charge in [-0.25, -0.2) is 4.98 Å². The summed E-state index contributed by atoms with van der Waals surface area (Å²) in [6.45, 7) is 4.28. The number of benzene rings is 1. The van der Waals surface area contributed by atoms with Crippen LogP contribution in [0.2, 0.25) is 5.02 Å². The second-order valence-corrected chi connectivity index (χ2v) is 7.29. The molecule has 2 aliphatic rings. The Morgan fingerprint density at radius 1 is 1.24 bits per heavy atom. The fourth-order valence-electron chi connectivity index (χ4n) is 3.52. The quantitative estimate of drug-likeness (QED) is 0.780. The van der Waals surface area contributed by atoms with Crippen LogP contribution in [0.4, 0.5) is 0 Å². The summed E-state index contributed by atoms with van der Waals surface area (Å²) in [5.74, 6) is 0.947. The highest BCUT2D eigenvalue weighted by Gasteiger charge is 2.36. The average molecular weight is 324 g/mol. The van der Waals surface area contributed by atoms with Crippen LogP contribution in [0.1, 0.15) is 43.4 Å². The minimum Gasteiger partial charge on any atom is -0.322 e. The highest BCUT2D eigenvalue weighted by atomic mass is 35.5. The molecule has 21 heavy (non-hydrogen) atoms. The van der Waals surface area contributed by atoms with E-state index >= 15 is 0 Å². The fraction of sp³-hybridized carbons (Fsp3) is 0.562. The zero-order chi connectivity index (χ0) is 14.6. The minimum absolute atomic E-state index is 0.108. The van der Waals surface area contributed by atoms with Crippen LogP contribution < -0.4 is 0 Å². The number of aromatic nitrogens is 2. The molecule has 0 radical (unpaired) electrons. The fourth-order valence-corrected chi connectivity index (χ4v) is 3.88. The molecule has 5 heteroatoms. The number of likely N-dealkylation sites (tertiary alicyclic amines) is 1. The van der Waals surface area contributed by atoms with Crippen molar-refractivity contribution >= 4 is 34.2 Å². The van der Waals surface area contributed by atoms with E-state index in [1.165, 1.54) is 25.8 Å². The highest BCUT2D eigenvalue weighted by molar-refractivity contribution is 6.35. The summed E-state index contributed by atoms with van der Waals surface area (Å²) in [6, 6.07) is 7.29. The molecule has 2 aromatic rings. The molecule has 0 bridgehead atoms. The first kappa shape index (κ1) is 13.9. The third-order valence-electron chi connectivity index (χ3n) is 4.68. The van der Waals surface area contributed by atoms with Gasteiger partial charge in [0.15, 0.2) is 0 Å². The van der Waals surface area contributed by atoms with Crippen molar-refractivity contribution in [3.63, 3.8) is 0 Å². The van der Waals surface area contributed by atoms with Crippen molar-refractivity contribution in [3.8, 4) is 0 Å². The normalized spacial score (nSPS) is 24.8. The lowest BCUT2D eigenvalue weighted by molar-refractivity contribution is 0.313. The van der Waals surface area contributed by atoms with E-state index in [0.717, 1.165) is 29.4 Å². The third-order valence-corrected chi connectivity index (χ3v) is 5.18. The molecule has 112 valence electrons. The summed E-state index contributed by atoms with van der Waals surface area (Å²) in [6.07, 6.45) is 3.90. The summed E-state index contributed by atoms with van der Waals surface area (Å²) >= 11 is 12.7. The maximum absolute atomic E-state index is 6.38. The number of alkyl halides is 1. The standard InChI is InChI=1S/C16H19Cl2N3/c1-10(17)16-19-15-13(18)3-2-4-14(15)21(16)12-7-8-20(9-12)11-5-6-11/h2-4,10-12H,5-9H2,1H3. The van der Waals surface area contributed by atoms with E-state index < -0.39 is 0 Å². The molecule has 1 saturated carbocycles. The zero-order valence-corrected chi connectivity index (χ0v) is 13.6. The number of hydrogen-bond acceptors (Lipinski definition) is 2. The van der Waals surface area contributed by atoms with Crippen molar-refractivity contribution < 1.29 is 0 Å². The van der Waals surface area contributed by atoms with Crippen LogP contribution in [-0.4, -0.2) is 33.6 Å². The van der Waals surface area contributed by atoms with Crippen LogP contribution in [0, 0.1) is 0 Å². The minimum atomic E-state index is -0.108. The van der Waals surface area contributed by atoms with Gasteiger partial charge in [-0.2, -0.15) is 0 Å². The lowest BCUT2D eigenvalue weighted by Gasteiger charge is -2.19. The summed E-state index contributed by atoms with van der Waals surface area (Å²) in [4.78, 5) is 7.34.